The highest BCUT2D eigenvalue weighted by atomic mass is 32.2. The molecule has 1 heterocycles. The van der Waals surface area contributed by atoms with Crippen molar-refractivity contribution >= 4 is 10.0 Å². The zero-order chi connectivity index (χ0) is 15.7. The Balaban J connectivity index is 2.11. The first-order chi connectivity index (χ1) is 10.5. The lowest BCUT2D eigenvalue weighted by molar-refractivity contribution is 0.567. The summed E-state index contributed by atoms with van der Waals surface area (Å²) in [5.74, 6) is -0.889. The van der Waals surface area contributed by atoms with Crippen LogP contribution in [0.25, 0.3) is 22.3 Å². The summed E-state index contributed by atoms with van der Waals surface area (Å²) >= 11 is 0. The van der Waals surface area contributed by atoms with Gasteiger partial charge in [0, 0.05) is 11.1 Å². The van der Waals surface area contributed by atoms with Crippen molar-refractivity contribution in [2.45, 2.75) is 4.90 Å². The number of furan rings is 1. The van der Waals surface area contributed by atoms with Crippen molar-refractivity contribution in [1.29, 1.82) is 0 Å². The molecule has 22 heavy (non-hydrogen) atoms. The van der Waals surface area contributed by atoms with Gasteiger partial charge in [-0.05, 0) is 23.3 Å². The van der Waals surface area contributed by atoms with Gasteiger partial charge >= 0.3 is 0 Å². The fourth-order valence-corrected chi connectivity index (χ4v) is 2.85. The maximum atomic E-state index is 14.0. The Hall–Kier alpha value is -2.44. The Labute approximate surface area is 127 Å². The van der Waals surface area contributed by atoms with Gasteiger partial charge in [0.1, 0.15) is 10.7 Å². The van der Waals surface area contributed by atoms with Gasteiger partial charge in [-0.3, -0.25) is 0 Å². The molecule has 0 saturated heterocycles. The summed E-state index contributed by atoms with van der Waals surface area (Å²) in [4.78, 5) is -0.527. The first-order valence-electron chi connectivity index (χ1n) is 6.41. The molecule has 0 amide bonds. The number of sulfonamides is 1. The van der Waals surface area contributed by atoms with E-state index in [2.05, 4.69) is 0 Å². The van der Waals surface area contributed by atoms with Crippen molar-refractivity contribution in [3.05, 3.63) is 66.9 Å². The predicted molar refractivity (Wildman–Crippen MR) is 80.9 cm³/mol. The molecule has 3 aromatic rings. The molecular formula is C16H12FNO3S. The molecule has 112 valence electrons. The van der Waals surface area contributed by atoms with Crippen LogP contribution in [-0.2, 0) is 10.0 Å². The summed E-state index contributed by atoms with van der Waals surface area (Å²) in [6.07, 6.45) is 3.06. The topological polar surface area (TPSA) is 73.3 Å². The number of hydrogen-bond donors (Lipinski definition) is 1. The number of hydrogen-bond acceptors (Lipinski definition) is 3. The highest BCUT2D eigenvalue weighted by molar-refractivity contribution is 7.89. The van der Waals surface area contributed by atoms with Gasteiger partial charge in [0.2, 0.25) is 10.0 Å². The van der Waals surface area contributed by atoms with Gasteiger partial charge in [0.05, 0.1) is 12.5 Å². The molecule has 0 aliphatic heterocycles. The second kappa shape index (κ2) is 5.40. The molecule has 0 atom stereocenters. The highest BCUT2D eigenvalue weighted by Gasteiger charge is 2.17. The van der Waals surface area contributed by atoms with E-state index < -0.39 is 20.7 Å². The van der Waals surface area contributed by atoms with Crippen LogP contribution in [0.5, 0.6) is 0 Å². The first kappa shape index (κ1) is 14.5. The second-order valence-corrected chi connectivity index (χ2v) is 6.29. The van der Waals surface area contributed by atoms with E-state index in [4.69, 9.17) is 9.56 Å². The van der Waals surface area contributed by atoms with Crippen molar-refractivity contribution in [3.8, 4) is 22.3 Å². The van der Waals surface area contributed by atoms with Crippen LogP contribution < -0.4 is 5.14 Å². The average molecular weight is 317 g/mol. The summed E-state index contributed by atoms with van der Waals surface area (Å²) in [5, 5.41) is 4.96. The maximum absolute atomic E-state index is 14.0. The van der Waals surface area contributed by atoms with E-state index in [9.17, 15) is 12.8 Å². The molecule has 0 radical (unpaired) electrons. The van der Waals surface area contributed by atoms with Gasteiger partial charge in [-0.1, -0.05) is 36.4 Å². The molecule has 1 aromatic heterocycles. The highest BCUT2D eigenvalue weighted by Crippen LogP contribution is 2.34. The van der Waals surface area contributed by atoms with Crippen molar-refractivity contribution in [3.63, 3.8) is 0 Å². The van der Waals surface area contributed by atoms with Crippen LogP contribution in [0.4, 0.5) is 4.39 Å². The van der Waals surface area contributed by atoms with Crippen molar-refractivity contribution in [2.24, 2.45) is 5.14 Å². The summed E-state index contributed by atoms with van der Waals surface area (Å²) < 4.78 is 41.7. The second-order valence-electron chi connectivity index (χ2n) is 4.76. The Morgan fingerprint density at radius 1 is 0.909 bits per heavy atom. The molecule has 0 unspecified atom stereocenters. The first-order valence-corrected chi connectivity index (χ1v) is 7.96. The fourth-order valence-electron chi connectivity index (χ4n) is 2.26. The van der Waals surface area contributed by atoms with E-state index in [-0.39, 0.29) is 0 Å². The fraction of sp³-hybridized carbons (Fsp3) is 0. The van der Waals surface area contributed by atoms with Gasteiger partial charge in [-0.2, -0.15) is 0 Å². The minimum atomic E-state index is -4.08. The van der Waals surface area contributed by atoms with Crippen molar-refractivity contribution in [1.82, 2.24) is 0 Å². The van der Waals surface area contributed by atoms with Gasteiger partial charge in [0.25, 0.3) is 0 Å². The van der Waals surface area contributed by atoms with Crippen LogP contribution in [-0.4, -0.2) is 8.42 Å². The van der Waals surface area contributed by atoms with Crippen LogP contribution in [0.1, 0.15) is 0 Å². The van der Waals surface area contributed by atoms with E-state index in [0.29, 0.717) is 11.1 Å². The quantitative estimate of drug-likeness (QED) is 0.804. The third-order valence-electron chi connectivity index (χ3n) is 3.30. The van der Waals surface area contributed by atoms with Crippen LogP contribution >= 0.6 is 0 Å². The van der Waals surface area contributed by atoms with Crippen molar-refractivity contribution < 1.29 is 17.2 Å². The Bertz CT molecular complexity index is 918. The van der Waals surface area contributed by atoms with Crippen LogP contribution in [0.15, 0.2) is 70.4 Å². The summed E-state index contributed by atoms with van der Waals surface area (Å²) in [6, 6.07) is 13.3. The van der Waals surface area contributed by atoms with Crippen LogP contribution in [0.2, 0.25) is 0 Å². The Morgan fingerprint density at radius 3 is 2.14 bits per heavy atom. The molecule has 0 aliphatic carbocycles. The molecule has 0 spiro atoms. The maximum Gasteiger partial charge on any atom is 0.240 e. The standard InChI is InChI=1S/C16H12FNO3S/c17-15-8-12(6-7-16(15)22(18,19)20)14-10-21-9-13(14)11-4-2-1-3-5-11/h1-10H,(H2,18,19,20). The molecule has 4 nitrogen and oxygen atoms in total. The van der Waals surface area contributed by atoms with E-state index in [1.807, 2.05) is 30.3 Å². The van der Waals surface area contributed by atoms with Gasteiger partial charge < -0.3 is 4.42 Å². The Kier molecular flexibility index (Phi) is 3.56. The van der Waals surface area contributed by atoms with E-state index in [0.717, 1.165) is 23.3 Å². The van der Waals surface area contributed by atoms with Gasteiger partial charge in [0.15, 0.2) is 0 Å². The smallest absolute Gasteiger partial charge is 0.240 e. The number of primary sulfonamides is 1. The molecule has 6 heteroatoms. The minimum absolute atomic E-state index is 0.512. The van der Waals surface area contributed by atoms with E-state index in [1.165, 1.54) is 12.3 Å². The number of halogens is 1. The third-order valence-corrected chi connectivity index (χ3v) is 4.24. The zero-order valence-corrected chi connectivity index (χ0v) is 12.2. The molecule has 3 rings (SSSR count). The molecular weight excluding hydrogens is 305 g/mol. The zero-order valence-electron chi connectivity index (χ0n) is 11.4. The minimum Gasteiger partial charge on any atom is -0.471 e. The summed E-state index contributed by atoms with van der Waals surface area (Å²) in [7, 11) is -4.08. The van der Waals surface area contributed by atoms with Gasteiger partial charge in [-0.15, -0.1) is 0 Å². The SMILES string of the molecule is NS(=O)(=O)c1ccc(-c2cocc2-c2ccccc2)cc1F. The lowest BCUT2D eigenvalue weighted by Gasteiger charge is -2.06. The van der Waals surface area contributed by atoms with Crippen molar-refractivity contribution in [2.75, 3.05) is 0 Å². The summed E-state index contributed by atoms with van der Waals surface area (Å²) in [5.41, 5.74) is 2.90. The molecule has 0 bridgehead atoms. The van der Waals surface area contributed by atoms with E-state index in [1.54, 1.807) is 6.26 Å². The lowest BCUT2D eigenvalue weighted by Crippen LogP contribution is -2.13. The molecule has 0 fully saturated rings. The molecule has 2 N–H and O–H groups in total. The molecule has 2 aromatic carbocycles. The van der Waals surface area contributed by atoms with E-state index >= 15 is 0 Å². The van der Waals surface area contributed by atoms with Crippen LogP contribution in [0, 0.1) is 5.82 Å². The predicted octanol–water partition coefficient (Wildman–Crippen LogP) is 3.40. The Morgan fingerprint density at radius 2 is 1.55 bits per heavy atom. The largest absolute Gasteiger partial charge is 0.471 e. The molecule has 0 aliphatic rings. The lowest BCUT2D eigenvalue weighted by atomic mass is 9.99. The number of rotatable bonds is 3. The van der Waals surface area contributed by atoms with Crippen LogP contribution in [0.3, 0.4) is 0 Å². The monoisotopic (exact) mass is 317 g/mol. The molecule has 0 saturated carbocycles. The number of benzene rings is 2. The normalized spacial score (nSPS) is 11.5. The number of nitrogens with two attached hydrogens (primary N) is 1. The average Bonchev–Trinajstić information content (AvgIpc) is 2.96. The summed E-state index contributed by atoms with van der Waals surface area (Å²) in [6.45, 7) is 0. The third kappa shape index (κ3) is 2.66. The van der Waals surface area contributed by atoms with Gasteiger partial charge in [-0.25, -0.2) is 17.9 Å².